The van der Waals surface area contributed by atoms with Gasteiger partial charge < -0.3 is 14.8 Å². The Kier molecular flexibility index (Phi) is 9.01. The summed E-state index contributed by atoms with van der Waals surface area (Å²) in [7, 11) is -2.16. The van der Waals surface area contributed by atoms with Gasteiger partial charge in [0.1, 0.15) is 5.75 Å². The van der Waals surface area contributed by atoms with Crippen LogP contribution in [0.15, 0.2) is 58.5 Å². The Balaban J connectivity index is 1.51. The van der Waals surface area contributed by atoms with Crippen LogP contribution in [0.2, 0.25) is 0 Å². The number of hydrazone groups is 1. The molecule has 0 spiro atoms. The zero-order chi connectivity index (χ0) is 23.7. The average Bonchev–Trinajstić information content (AvgIpc) is 2.83. The van der Waals surface area contributed by atoms with Gasteiger partial charge in [-0.1, -0.05) is 12.1 Å². The number of benzene rings is 2. The van der Waals surface area contributed by atoms with Crippen LogP contribution < -0.4 is 20.2 Å². The second-order valence-electron chi connectivity index (χ2n) is 7.38. The van der Waals surface area contributed by atoms with Crippen LogP contribution in [-0.4, -0.2) is 70.6 Å². The van der Waals surface area contributed by atoms with Crippen molar-refractivity contribution in [3.63, 3.8) is 0 Å². The number of ether oxygens (including phenoxy) is 2. The van der Waals surface area contributed by atoms with E-state index >= 15 is 0 Å². The predicted octanol–water partition coefficient (Wildman–Crippen LogP) is 2.02. The standard InChI is InChI=1S/C22H29N5O4S2/c1-17(24-25-22(32)23-11-12-27-13-15-31-16-14-27)18-3-9-21(10-4-18)33(28,29)26-19-5-7-20(30-2)8-6-19/h3-10,26H,11-16H2,1-2H3,(H2,23,25,32)/b24-17-. The van der Waals surface area contributed by atoms with Crippen molar-refractivity contribution in [2.75, 3.05) is 51.2 Å². The van der Waals surface area contributed by atoms with Crippen molar-refractivity contribution in [3.05, 3.63) is 54.1 Å². The molecule has 0 bridgehead atoms. The predicted molar refractivity (Wildman–Crippen MR) is 133 cm³/mol. The molecule has 0 radical (unpaired) electrons. The molecule has 2 aromatic rings. The number of nitrogens with zero attached hydrogens (tertiary/aromatic N) is 2. The van der Waals surface area contributed by atoms with Gasteiger partial charge in [-0.25, -0.2) is 8.42 Å². The number of rotatable bonds is 9. The van der Waals surface area contributed by atoms with Gasteiger partial charge in [-0.05, 0) is 61.1 Å². The Hall–Kier alpha value is -2.73. The molecule has 0 amide bonds. The zero-order valence-electron chi connectivity index (χ0n) is 18.7. The van der Waals surface area contributed by atoms with Gasteiger partial charge in [0.2, 0.25) is 0 Å². The van der Waals surface area contributed by atoms with E-state index in [9.17, 15) is 8.42 Å². The third-order valence-electron chi connectivity index (χ3n) is 5.07. The fourth-order valence-electron chi connectivity index (χ4n) is 3.14. The van der Waals surface area contributed by atoms with Crippen molar-refractivity contribution in [2.24, 2.45) is 5.10 Å². The van der Waals surface area contributed by atoms with E-state index in [-0.39, 0.29) is 4.90 Å². The topological polar surface area (TPSA) is 104 Å². The molecule has 3 rings (SSSR count). The van der Waals surface area contributed by atoms with Gasteiger partial charge in [0, 0.05) is 31.9 Å². The monoisotopic (exact) mass is 491 g/mol. The molecule has 11 heteroatoms. The highest BCUT2D eigenvalue weighted by molar-refractivity contribution is 7.92. The lowest BCUT2D eigenvalue weighted by molar-refractivity contribution is 0.0389. The third kappa shape index (κ3) is 7.67. The van der Waals surface area contributed by atoms with Gasteiger partial charge >= 0.3 is 0 Å². The highest BCUT2D eigenvalue weighted by Gasteiger charge is 2.14. The largest absolute Gasteiger partial charge is 0.497 e. The Morgan fingerprint density at radius 3 is 2.42 bits per heavy atom. The lowest BCUT2D eigenvalue weighted by atomic mass is 10.1. The first kappa shape index (κ1) is 24.9. The molecule has 0 unspecified atom stereocenters. The summed E-state index contributed by atoms with van der Waals surface area (Å²) in [6.07, 6.45) is 0. The lowest BCUT2D eigenvalue weighted by Gasteiger charge is -2.26. The van der Waals surface area contributed by atoms with Gasteiger partial charge in [0.25, 0.3) is 10.0 Å². The average molecular weight is 492 g/mol. The van der Waals surface area contributed by atoms with E-state index in [2.05, 4.69) is 25.5 Å². The number of sulfonamides is 1. The van der Waals surface area contributed by atoms with Gasteiger partial charge in [0.05, 0.1) is 30.9 Å². The summed E-state index contributed by atoms with van der Waals surface area (Å²) in [5.41, 5.74) is 4.74. The first-order valence-electron chi connectivity index (χ1n) is 10.5. The molecular weight excluding hydrogens is 462 g/mol. The summed E-state index contributed by atoms with van der Waals surface area (Å²) in [6, 6.07) is 13.2. The molecule has 9 nitrogen and oxygen atoms in total. The highest BCUT2D eigenvalue weighted by Crippen LogP contribution is 2.19. The molecule has 1 aliphatic heterocycles. The maximum atomic E-state index is 12.6. The van der Waals surface area contributed by atoms with Crippen molar-refractivity contribution >= 4 is 38.8 Å². The Morgan fingerprint density at radius 1 is 1.12 bits per heavy atom. The molecule has 0 aliphatic carbocycles. The fourth-order valence-corrected chi connectivity index (χ4v) is 4.35. The van der Waals surface area contributed by atoms with E-state index in [4.69, 9.17) is 21.7 Å². The summed E-state index contributed by atoms with van der Waals surface area (Å²) in [6.45, 7) is 6.82. The van der Waals surface area contributed by atoms with E-state index in [0.29, 0.717) is 28.8 Å². The quantitative estimate of drug-likeness (QED) is 0.278. The van der Waals surface area contributed by atoms with Gasteiger partial charge in [-0.3, -0.25) is 15.0 Å². The smallest absolute Gasteiger partial charge is 0.261 e. The van der Waals surface area contributed by atoms with Crippen LogP contribution in [0, 0.1) is 0 Å². The van der Waals surface area contributed by atoms with Gasteiger partial charge in [-0.15, -0.1) is 0 Å². The van der Waals surface area contributed by atoms with Gasteiger partial charge in [0.15, 0.2) is 5.11 Å². The number of hydrogen-bond acceptors (Lipinski definition) is 7. The SMILES string of the molecule is COc1ccc(NS(=O)(=O)c2ccc(/C(C)=N\NC(=S)NCCN3CCOCC3)cc2)cc1. The van der Waals surface area contributed by atoms with E-state index in [1.54, 1.807) is 55.6 Å². The number of hydrogen-bond donors (Lipinski definition) is 3. The van der Waals surface area contributed by atoms with Crippen LogP contribution in [0.3, 0.4) is 0 Å². The van der Waals surface area contributed by atoms with Crippen molar-refractivity contribution < 1.29 is 17.9 Å². The highest BCUT2D eigenvalue weighted by atomic mass is 32.2. The molecule has 1 heterocycles. The minimum Gasteiger partial charge on any atom is -0.497 e. The summed E-state index contributed by atoms with van der Waals surface area (Å²) in [5.74, 6) is 0.650. The molecule has 1 aliphatic rings. The number of nitrogens with one attached hydrogen (secondary N) is 3. The Morgan fingerprint density at radius 2 is 1.79 bits per heavy atom. The van der Waals surface area contributed by atoms with Crippen LogP contribution in [0.5, 0.6) is 5.75 Å². The molecule has 0 atom stereocenters. The first-order chi connectivity index (χ1) is 15.9. The maximum absolute atomic E-state index is 12.6. The van der Waals surface area contributed by atoms with Crippen LogP contribution in [0.25, 0.3) is 0 Å². The fraction of sp³-hybridized carbons (Fsp3) is 0.364. The van der Waals surface area contributed by atoms with Crippen molar-refractivity contribution in [3.8, 4) is 5.75 Å². The number of methoxy groups -OCH3 is 1. The molecule has 178 valence electrons. The molecule has 33 heavy (non-hydrogen) atoms. The minimum absolute atomic E-state index is 0.156. The van der Waals surface area contributed by atoms with Gasteiger partial charge in [-0.2, -0.15) is 5.10 Å². The van der Waals surface area contributed by atoms with Crippen molar-refractivity contribution in [2.45, 2.75) is 11.8 Å². The molecule has 2 aromatic carbocycles. The second-order valence-corrected chi connectivity index (χ2v) is 9.47. The van der Waals surface area contributed by atoms with E-state index in [1.165, 1.54) is 0 Å². The first-order valence-corrected chi connectivity index (χ1v) is 12.4. The van der Waals surface area contributed by atoms with Crippen molar-refractivity contribution in [1.29, 1.82) is 0 Å². The molecule has 0 aromatic heterocycles. The summed E-state index contributed by atoms with van der Waals surface area (Å²) in [5, 5.41) is 7.86. The van der Waals surface area contributed by atoms with E-state index < -0.39 is 10.0 Å². The number of thiocarbonyl (C=S) groups is 1. The van der Waals surface area contributed by atoms with E-state index in [1.807, 2.05) is 6.92 Å². The molecular formula is C22H29N5O4S2. The summed E-state index contributed by atoms with van der Waals surface area (Å²) >= 11 is 5.27. The molecule has 3 N–H and O–H groups in total. The number of anilines is 1. The maximum Gasteiger partial charge on any atom is 0.261 e. The second kappa shape index (κ2) is 11.9. The van der Waals surface area contributed by atoms with Crippen molar-refractivity contribution in [1.82, 2.24) is 15.6 Å². The molecule has 1 fully saturated rings. The Labute approximate surface area is 200 Å². The van der Waals surface area contributed by atoms with Crippen LogP contribution in [0.1, 0.15) is 12.5 Å². The molecule has 1 saturated heterocycles. The Bertz CT molecular complexity index is 1050. The summed E-state index contributed by atoms with van der Waals surface area (Å²) in [4.78, 5) is 2.47. The van der Waals surface area contributed by atoms with E-state index in [0.717, 1.165) is 38.4 Å². The lowest BCUT2D eigenvalue weighted by Crippen LogP contribution is -2.42. The summed E-state index contributed by atoms with van der Waals surface area (Å²) < 4.78 is 38.3. The van der Waals surface area contributed by atoms with Crippen LogP contribution in [0.4, 0.5) is 5.69 Å². The zero-order valence-corrected chi connectivity index (χ0v) is 20.3. The normalized spacial score (nSPS) is 15.0. The molecule has 0 saturated carbocycles. The minimum atomic E-state index is -3.71. The third-order valence-corrected chi connectivity index (χ3v) is 6.70. The van der Waals surface area contributed by atoms with Crippen LogP contribution >= 0.6 is 12.2 Å². The number of morpholine rings is 1. The van der Waals surface area contributed by atoms with Crippen LogP contribution in [-0.2, 0) is 14.8 Å².